The summed E-state index contributed by atoms with van der Waals surface area (Å²) < 4.78 is 10.4. The van der Waals surface area contributed by atoms with E-state index in [9.17, 15) is 9.59 Å². The van der Waals surface area contributed by atoms with Gasteiger partial charge in [0.2, 0.25) is 0 Å². The standard InChI is InChI=1S/C13H15ClO5/c1-18-12-8(7-15)6-10(14)9(13(12)19-2)4-3-5-11(16)17/h6-7H,3-5H2,1-2H3,(H,16,17). The quantitative estimate of drug-likeness (QED) is 0.780. The summed E-state index contributed by atoms with van der Waals surface area (Å²) in [4.78, 5) is 21.5. The van der Waals surface area contributed by atoms with Crippen LogP contribution in [0.15, 0.2) is 6.07 Å². The number of carboxylic acid groups (broad SMARTS) is 1. The molecule has 0 spiro atoms. The number of carbonyl (C=O) groups is 2. The van der Waals surface area contributed by atoms with Crippen LogP contribution in [0.5, 0.6) is 11.5 Å². The van der Waals surface area contributed by atoms with Gasteiger partial charge in [0.05, 0.1) is 19.8 Å². The zero-order valence-corrected chi connectivity index (χ0v) is 11.5. The van der Waals surface area contributed by atoms with E-state index in [0.29, 0.717) is 46.8 Å². The third-order valence-electron chi connectivity index (χ3n) is 2.67. The van der Waals surface area contributed by atoms with Crippen molar-refractivity contribution in [2.45, 2.75) is 19.3 Å². The first-order chi connectivity index (χ1) is 9.04. The predicted octanol–water partition coefficient (Wildman–Crippen LogP) is 2.58. The second-order valence-electron chi connectivity index (χ2n) is 3.86. The Morgan fingerprint density at radius 3 is 2.47 bits per heavy atom. The van der Waals surface area contributed by atoms with Crippen LogP contribution in [-0.4, -0.2) is 31.6 Å². The van der Waals surface area contributed by atoms with Crippen molar-refractivity contribution in [2.75, 3.05) is 14.2 Å². The molecular formula is C13H15ClO5. The van der Waals surface area contributed by atoms with E-state index in [1.54, 1.807) is 0 Å². The number of carboxylic acids is 1. The summed E-state index contributed by atoms with van der Waals surface area (Å²) in [5.41, 5.74) is 0.944. The first-order valence-corrected chi connectivity index (χ1v) is 6.03. The highest BCUT2D eigenvalue weighted by molar-refractivity contribution is 6.32. The van der Waals surface area contributed by atoms with Gasteiger partial charge >= 0.3 is 5.97 Å². The second kappa shape index (κ2) is 6.99. The monoisotopic (exact) mass is 286 g/mol. The summed E-state index contributed by atoms with van der Waals surface area (Å²) in [6.07, 6.45) is 1.53. The lowest BCUT2D eigenvalue weighted by Gasteiger charge is -2.15. The van der Waals surface area contributed by atoms with E-state index < -0.39 is 5.97 Å². The van der Waals surface area contributed by atoms with Gasteiger partial charge in [-0.25, -0.2) is 0 Å². The van der Waals surface area contributed by atoms with Crippen molar-refractivity contribution in [1.29, 1.82) is 0 Å². The van der Waals surface area contributed by atoms with Crippen LogP contribution in [0.3, 0.4) is 0 Å². The molecule has 0 aliphatic carbocycles. The number of hydrogen-bond donors (Lipinski definition) is 1. The van der Waals surface area contributed by atoms with Crippen LogP contribution in [0.25, 0.3) is 0 Å². The summed E-state index contributed by atoms with van der Waals surface area (Å²) in [7, 11) is 2.88. The van der Waals surface area contributed by atoms with Crippen molar-refractivity contribution in [3.8, 4) is 11.5 Å². The topological polar surface area (TPSA) is 72.8 Å². The third-order valence-corrected chi connectivity index (χ3v) is 3.00. The molecule has 104 valence electrons. The zero-order chi connectivity index (χ0) is 14.4. The highest BCUT2D eigenvalue weighted by Gasteiger charge is 2.18. The zero-order valence-electron chi connectivity index (χ0n) is 10.7. The normalized spacial score (nSPS) is 10.1. The molecule has 0 fully saturated rings. The molecule has 6 heteroatoms. The number of methoxy groups -OCH3 is 2. The van der Waals surface area contributed by atoms with Crippen LogP contribution in [-0.2, 0) is 11.2 Å². The van der Waals surface area contributed by atoms with Crippen molar-refractivity contribution in [3.05, 3.63) is 22.2 Å². The van der Waals surface area contributed by atoms with E-state index >= 15 is 0 Å². The maximum Gasteiger partial charge on any atom is 0.303 e. The van der Waals surface area contributed by atoms with Gasteiger partial charge in [0, 0.05) is 17.0 Å². The lowest BCUT2D eigenvalue weighted by atomic mass is 10.0. The van der Waals surface area contributed by atoms with Gasteiger partial charge in [-0.05, 0) is 18.9 Å². The SMILES string of the molecule is COc1c(C=O)cc(Cl)c(CCCC(=O)O)c1OC. The van der Waals surface area contributed by atoms with E-state index in [0.717, 1.165) is 0 Å². The molecular weight excluding hydrogens is 272 g/mol. The van der Waals surface area contributed by atoms with Gasteiger partial charge < -0.3 is 14.6 Å². The molecule has 1 aromatic carbocycles. The number of ether oxygens (including phenoxy) is 2. The van der Waals surface area contributed by atoms with Crippen LogP contribution < -0.4 is 9.47 Å². The number of halogens is 1. The minimum absolute atomic E-state index is 0.0389. The Morgan fingerprint density at radius 2 is 2.00 bits per heavy atom. The van der Waals surface area contributed by atoms with Gasteiger partial charge in [0.15, 0.2) is 17.8 Å². The number of rotatable bonds is 7. The smallest absolute Gasteiger partial charge is 0.303 e. The molecule has 0 radical (unpaired) electrons. The first-order valence-electron chi connectivity index (χ1n) is 5.65. The molecule has 0 unspecified atom stereocenters. The third kappa shape index (κ3) is 3.61. The molecule has 0 atom stereocenters. The summed E-state index contributed by atoms with van der Waals surface area (Å²) in [5, 5.41) is 9.00. The van der Waals surface area contributed by atoms with Crippen LogP contribution in [0.2, 0.25) is 5.02 Å². The highest BCUT2D eigenvalue weighted by Crippen LogP contribution is 2.39. The van der Waals surface area contributed by atoms with Gasteiger partial charge in [-0.2, -0.15) is 0 Å². The molecule has 0 heterocycles. The van der Waals surface area contributed by atoms with E-state index in [1.807, 2.05) is 0 Å². The van der Waals surface area contributed by atoms with E-state index in [-0.39, 0.29) is 6.42 Å². The Kier molecular flexibility index (Phi) is 5.63. The minimum atomic E-state index is -0.869. The van der Waals surface area contributed by atoms with Crippen molar-refractivity contribution in [1.82, 2.24) is 0 Å². The number of hydrogen-bond acceptors (Lipinski definition) is 4. The predicted molar refractivity (Wildman–Crippen MR) is 70.5 cm³/mol. The van der Waals surface area contributed by atoms with Crippen LogP contribution >= 0.6 is 11.6 Å². The number of carbonyl (C=O) groups excluding carboxylic acids is 1. The summed E-state index contributed by atoms with van der Waals surface area (Å²) in [6.45, 7) is 0. The first kappa shape index (κ1) is 15.3. The van der Waals surface area contributed by atoms with E-state index in [2.05, 4.69) is 0 Å². The molecule has 1 rings (SSSR count). The van der Waals surface area contributed by atoms with Crippen LogP contribution in [0, 0.1) is 0 Å². The highest BCUT2D eigenvalue weighted by atomic mass is 35.5. The average molecular weight is 287 g/mol. The van der Waals surface area contributed by atoms with Gasteiger partial charge in [-0.3, -0.25) is 9.59 Å². The van der Waals surface area contributed by atoms with E-state index in [4.69, 9.17) is 26.2 Å². The van der Waals surface area contributed by atoms with Crippen molar-refractivity contribution >= 4 is 23.9 Å². The van der Waals surface area contributed by atoms with Crippen molar-refractivity contribution in [3.63, 3.8) is 0 Å². The average Bonchev–Trinajstić information content (AvgIpc) is 2.38. The molecule has 5 nitrogen and oxygen atoms in total. The molecule has 1 N–H and O–H groups in total. The molecule has 0 aliphatic rings. The summed E-state index contributed by atoms with van der Waals surface area (Å²) in [5.74, 6) is -0.179. The molecule has 0 amide bonds. The lowest BCUT2D eigenvalue weighted by Crippen LogP contribution is -2.02. The fourth-order valence-electron chi connectivity index (χ4n) is 1.83. The van der Waals surface area contributed by atoms with Gasteiger partial charge in [-0.1, -0.05) is 11.6 Å². The lowest BCUT2D eigenvalue weighted by molar-refractivity contribution is -0.137. The fourth-order valence-corrected chi connectivity index (χ4v) is 2.13. The second-order valence-corrected chi connectivity index (χ2v) is 4.27. The molecule has 1 aromatic rings. The molecule has 0 aliphatic heterocycles. The Labute approximate surface area is 116 Å². The van der Waals surface area contributed by atoms with Gasteiger partial charge in [0.25, 0.3) is 0 Å². The Bertz CT molecular complexity index is 484. The largest absolute Gasteiger partial charge is 0.492 e. The van der Waals surface area contributed by atoms with Crippen molar-refractivity contribution in [2.24, 2.45) is 0 Å². The molecule has 0 aromatic heterocycles. The Balaban J connectivity index is 3.15. The van der Waals surface area contributed by atoms with Crippen LogP contribution in [0.4, 0.5) is 0 Å². The number of aliphatic carboxylic acids is 1. The van der Waals surface area contributed by atoms with Gasteiger partial charge in [0.1, 0.15) is 0 Å². The molecule has 0 bridgehead atoms. The number of benzene rings is 1. The fraction of sp³-hybridized carbons (Fsp3) is 0.385. The molecule has 0 saturated heterocycles. The maximum atomic E-state index is 10.9. The van der Waals surface area contributed by atoms with E-state index in [1.165, 1.54) is 20.3 Å². The summed E-state index contributed by atoms with van der Waals surface area (Å²) >= 11 is 6.09. The summed E-state index contributed by atoms with van der Waals surface area (Å²) in [6, 6.07) is 1.49. The minimum Gasteiger partial charge on any atom is -0.492 e. The Morgan fingerprint density at radius 1 is 1.37 bits per heavy atom. The number of aldehydes is 1. The maximum absolute atomic E-state index is 10.9. The van der Waals surface area contributed by atoms with Gasteiger partial charge in [-0.15, -0.1) is 0 Å². The van der Waals surface area contributed by atoms with Crippen LogP contribution in [0.1, 0.15) is 28.8 Å². The molecule has 19 heavy (non-hydrogen) atoms. The van der Waals surface area contributed by atoms with Crippen molar-refractivity contribution < 1.29 is 24.2 Å². The molecule has 0 saturated carbocycles. The Hall–Kier alpha value is -1.75.